The average Bonchev–Trinajstić information content (AvgIpc) is 3.04. The fourth-order valence-electron chi connectivity index (χ4n) is 1.77. The summed E-state index contributed by atoms with van der Waals surface area (Å²) in [6.07, 6.45) is 1.45. The molecule has 0 atom stereocenters. The minimum atomic E-state index is -0.457. The summed E-state index contributed by atoms with van der Waals surface area (Å²) in [6.45, 7) is 0. The van der Waals surface area contributed by atoms with E-state index in [-0.39, 0.29) is 15.9 Å². The van der Waals surface area contributed by atoms with Crippen molar-refractivity contribution in [2.45, 2.75) is 0 Å². The zero-order valence-corrected chi connectivity index (χ0v) is 12.5. The Balaban J connectivity index is 1.85. The fraction of sp³-hybridized carbons (Fsp3) is 0. The molecule has 0 unspecified atom stereocenters. The maximum atomic E-state index is 12.2. The molecule has 110 valence electrons. The lowest BCUT2D eigenvalue weighted by molar-refractivity contribution is 0.102. The SMILES string of the molecule is O=C(Nc1cccc(-n2cnnn2)c1)c1nc(Cl)ccc1Cl. The van der Waals surface area contributed by atoms with Crippen molar-refractivity contribution in [3.05, 3.63) is 58.6 Å². The van der Waals surface area contributed by atoms with Gasteiger partial charge in [0.25, 0.3) is 5.91 Å². The van der Waals surface area contributed by atoms with Crippen molar-refractivity contribution in [2.75, 3.05) is 5.32 Å². The van der Waals surface area contributed by atoms with E-state index in [9.17, 15) is 4.79 Å². The van der Waals surface area contributed by atoms with Crippen LogP contribution in [0.2, 0.25) is 10.2 Å². The van der Waals surface area contributed by atoms with Gasteiger partial charge in [-0.15, -0.1) is 5.10 Å². The van der Waals surface area contributed by atoms with E-state index in [2.05, 4.69) is 25.8 Å². The van der Waals surface area contributed by atoms with Gasteiger partial charge in [-0.1, -0.05) is 29.3 Å². The van der Waals surface area contributed by atoms with Crippen LogP contribution in [0.25, 0.3) is 5.69 Å². The molecule has 2 heterocycles. The van der Waals surface area contributed by atoms with Crippen molar-refractivity contribution < 1.29 is 4.79 Å². The van der Waals surface area contributed by atoms with Crippen molar-refractivity contribution in [3.8, 4) is 5.69 Å². The molecule has 3 rings (SSSR count). The number of nitrogens with one attached hydrogen (secondary N) is 1. The Bertz CT molecular complexity index is 821. The van der Waals surface area contributed by atoms with E-state index in [4.69, 9.17) is 23.2 Å². The van der Waals surface area contributed by atoms with Crippen LogP contribution in [0.5, 0.6) is 0 Å². The normalized spacial score (nSPS) is 10.5. The van der Waals surface area contributed by atoms with Gasteiger partial charge in [0.1, 0.15) is 17.2 Å². The van der Waals surface area contributed by atoms with Gasteiger partial charge in [0, 0.05) is 5.69 Å². The topological polar surface area (TPSA) is 85.6 Å². The maximum absolute atomic E-state index is 12.2. The smallest absolute Gasteiger partial charge is 0.275 e. The number of hydrogen-bond donors (Lipinski definition) is 1. The highest BCUT2D eigenvalue weighted by atomic mass is 35.5. The molecule has 0 spiro atoms. The zero-order valence-electron chi connectivity index (χ0n) is 10.9. The summed E-state index contributed by atoms with van der Waals surface area (Å²) in [6, 6.07) is 10.0. The summed E-state index contributed by atoms with van der Waals surface area (Å²) >= 11 is 11.7. The van der Waals surface area contributed by atoms with E-state index in [1.807, 2.05) is 0 Å². The molecule has 1 N–H and O–H groups in total. The monoisotopic (exact) mass is 334 g/mol. The van der Waals surface area contributed by atoms with Crippen LogP contribution in [0.4, 0.5) is 5.69 Å². The first-order chi connectivity index (χ1) is 10.6. The first kappa shape index (κ1) is 14.4. The second-order valence-corrected chi connectivity index (χ2v) is 5.02. The number of pyridine rings is 1. The van der Waals surface area contributed by atoms with Crippen LogP contribution in [0.1, 0.15) is 10.5 Å². The number of carbonyl (C=O) groups excluding carboxylic acids is 1. The van der Waals surface area contributed by atoms with E-state index in [1.165, 1.54) is 23.1 Å². The summed E-state index contributed by atoms with van der Waals surface area (Å²) in [5.41, 5.74) is 1.31. The lowest BCUT2D eigenvalue weighted by atomic mass is 10.2. The molecule has 0 aliphatic rings. The van der Waals surface area contributed by atoms with E-state index in [0.29, 0.717) is 11.4 Å². The molecule has 0 radical (unpaired) electrons. The summed E-state index contributed by atoms with van der Waals surface area (Å²) < 4.78 is 1.47. The molecule has 9 heteroatoms. The van der Waals surface area contributed by atoms with Crippen molar-refractivity contribution in [1.82, 2.24) is 25.2 Å². The molecule has 22 heavy (non-hydrogen) atoms. The standard InChI is InChI=1S/C13H8Cl2N6O/c14-10-4-5-11(15)18-12(10)13(22)17-8-2-1-3-9(6-8)21-7-16-19-20-21/h1-7H,(H,17,22). The number of anilines is 1. The van der Waals surface area contributed by atoms with Crippen molar-refractivity contribution in [1.29, 1.82) is 0 Å². The van der Waals surface area contributed by atoms with Crippen LogP contribution in [0.3, 0.4) is 0 Å². The molecule has 1 amide bonds. The molecule has 1 aromatic carbocycles. The van der Waals surface area contributed by atoms with Gasteiger partial charge in [-0.3, -0.25) is 4.79 Å². The number of aromatic nitrogens is 5. The summed E-state index contributed by atoms with van der Waals surface area (Å²) in [7, 11) is 0. The Morgan fingerprint density at radius 3 is 2.82 bits per heavy atom. The van der Waals surface area contributed by atoms with Gasteiger partial charge in [-0.05, 0) is 40.8 Å². The van der Waals surface area contributed by atoms with Gasteiger partial charge in [-0.2, -0.15) is 0 Å². The highest BCUT2D eigenvalue weighted by Gasteiger charge is 2.13. The van der Waals surface area contributed by atoms with Crippen LogP contribution in [-0.4, -0.2) is 31.1 Å². The molecule has 7 nitrogen and oxygen atoms in total. The lowest BCUT2D eigenvalue weighted by Gasteiger charge is -2.08. The third-order valence-electron chi connectivity index (χ3n) is 2.74. The van der Waals surface area contributed by atoms with Crippen molar-refractivity contribution in [3.63, 3.8) is 0 Å². The van der Waals surface area contributed by atoms with Crippen molar-refractivity contribution in [2.24, 2.45) is 0 Å². The number of hydrogen-bond acceptors (Lipinski definition) is 5. The second kappa shape index (κ2) is 6.08. The number of tetrazole rings is 1. The third kappa shape index (κ3) is 3.05. The molecule has 0 aliphatic heterocycles. The van der Waals surface area contributed by atoms with Crippen LogP contribution in [-0.2, 0) is 0 Å². The fourth-order valence-corrected chi connectivity index (χ4v) is 2.11. The Morgan fingerprint density at radius 2 is 2.05 bits per heavy atom. The predicted octanol–water partition coefficient (Wildman–Crippen LogP) is 2.62. The highest BCUT2D eigenvalue weighted by molar-refractivity contribution is 6.35. The van der Waals surface area contributed by atoms with Gasteiger partial charge in [0.05, 0.1) is 10.7 Å². The Kier molecular flexibility index (Phi) is 3.99. The van der Waals surface area contributed by atoms with E-state index < -0.39 is 5.91 Å². The number of halogens is 2. The minimum absolute atomic E-state index is 0.0574. The van der Waals surface area contributed by atoms with Gasteiger partial charge in [0.2, 0.25) is 0 Å². The number of rotatable bonds is 3. The van der Waals surface area contributed by atoms with Crippen LogP contribution in [0, 0.1) is 0 Å². The van der Waals surface area contributed by atoms with E-state index in [1.54, 1.807) is 24.3 Å². The molecule has 0 saturated heterocycles. The van der Waals surface area contributed by atoms with Crippen LogP contribution < -0.4 is 5.32 Å². The summed E-state index contributed by atoms with van der Waals surface area (Å²) in [4.78, 5) is 16.1. The van der Waals surface area contributed by atoms with E-state index in [0.717, 1.165) is 0 Å². The molecule has 0 fully saturated rings. The number of amides is 1. The summed E-state index contributed by atoms with van der Waals surface area (Å²) in [5.74, 6) is -0.457. The van der Waals surface area contributed by atoms with Crippen molar-refractivity contribution >= 4 is 34.8 Å². The van der Waals surface area contributed by atoms with Gasteiger partial charge in [-0.25, -0.2) is 9.67 Å². The number of benzene rings is 1. The predicted molar refractivity (Wildman–Crippen MR) is 81.4 cm³/mol. The number of nitrogens with zero attached hydrogens (tertiary/aromatic N) is 5. The molecular weight excluding hydrogens is 327 g/mol. The molecule has 0 aliphatic carbocycles. The maximum Gasteiger partial charge on any atom is 0.275 e. The van der Waals surface area contributed by atoms with Crippen LogP contribution >= 0.6 is 23.2 Å². The minimum Gasteiger partial charge on any atom is -0.321 e. The highest BCUT2D eigenvalue weighted by Crippen LogP contribution is 2.19. The number of carbonyl (C=O) groups is 1. The quantitative estimate of drug-likeness (QED) is 0.744. The third-order valence-corrected chi connectivity index (χ3v) is 3.26. The Morgan fingerprint density at radius 1 is 1.18 bits per heavy atom. The molecular formula is C13H8Cl2N6O. The first-order valence-corrected chi connectivity index (χ1v) is 6.86. The molecule has 2 aromatic heterocycles. The zero-order chi connectivity index (χ0) is 15.5. The second-order valence-electron chi connectivity index (χ2n) is 4.22. The van der Waals surface area contributed by atoms with Gasteiger partial charge >= 0.3 is 0 Å². The van der Waals surface area contributed by atoms with Gasteiger partial charge in [0.15, 0.2) is 0 Å². The average molecular weight is 335 g/mol. The van der Waals surface area contributed by atoms with E-state index >= 15 is 0 Å². The Labute approximate surface area is 134 Å². The Hall–Kier alpha value is -2.51. The van der Waals surface area contributed by atoms with Crippen LogP contribution in [0.15, 0.2) is 42.7 Å². The summed E-state index contributed by atoms with van der Waals surface area (Å²) in [5, 5.41) is 14.0. The van der Waals surface area contributed by atoms with Gasteiger partial charge < -0.3 is 5.32 Å². The first-order valence-electron chi connectivity index (χ1n) is 6.10. The largest absolute Gasteiger partial charge is 0.321 e. The molecule has 3 aromatic rings. The molecule has 0 bridgehead atoms. The lowest BCUT2D eigenvalue weighted by Crippen LogP contribution is -2.14. The molecule has 0 saturated carbocycles.